The summed E-state index contributed by atoms with van der Waals surface area (Å²) in [7, 11) is 1.55. The maximum Gasteiger partial charge on any atom is 0.356 e. The van der Waals surface area contributed by atoms with Crippen molar-refractivity contribution in [3.8, 4) is 5.69 Å². The smallest absolute Gasteiger partial charge is 0.356 e. The van der Waals surface area contributed by atoms with Crippen LogP contribution in [0.2, 0.25) is 0 Å². The maximum absolute atomic E-state index is 13.5. The third-order valence-electron chi connectivity index (χ3n) is 3.72. The monoisotopic (exact) mass is 303 g/mol. The minimum atomic E-state index is -1.14. The first-order valence-electron chi connectivity index (χ1n) is 6.83. The summed E-state index contributed by atoms with van der Waals surface area (Å²) in [6.45, 7) is 1.95. The van der Waals surface area contributed by atoms with Crippen LogP contribution in [0.5, 0.6) is 0 Å². The fourth-order valence-corrected chi connectivity index (χ4v) is 2.72. The van der Waals surface area contributed by atoms with Crippen molar-refractivity contribution in [1.82, 2.24) is 14.5 Å². The molecule has 114 valence electrons. The topological polar surface area (TPSA) is 75.4 Å². The Kier molecular flexibility index (Phi) is 3.20. The van der Waals surface area contributed by atoms with E-state index in [4.69, 9.17) is 0 Å². The fraction of sp³-hybridized carbons (Fsp3) is 0.267. The Labute approximate surface area is 125 Å². The number of nitrogens with zero attached hydrogens (tertiary/aromatic N) is 3. The van der Waals surface area contributed by atoms with E-state index in [2.05, 4.69) is 4.98 Å². The van der Waals surface area contributed by atoms with Crippen LogP contribution in [0.15, 0.2) is 18.2 Å². The number of amides is 1. The number of carboxylic acids is 1. The molecule has 2 heterocycles. The van der Waals surface area contributed by atoms with Crippen LogP contribution in [0.3, 0.4) is 0 Å². The van der Waals surface area contributed by atoms with Gasteiger partial charge in [-0.2, -0.15) is 0 Å². The van der Waals surface area contributed by atoms with E-state index >= 15 is 0 Å². The van der Waals surface area contributed by atoms with E-state index in [1.165, 1.54) is 23.1 Å². The standard InChI is InChI=1S/C15H14FN3O3/c1-3-12-17-13(15(21)22)11-7-18(2)14(20)9-6-8(16)4-5-10(9)19(11)12/h4-6H,3,7H2,1-2H3,(H,21,22). The van der Waals surface area contributed by atoms with Crippen LogP contribution in [0.4, 0.5) is 4.39 Å². The summed E-state index contributed by atoms with van der Waals surface area (Å²) >= 11 is 0. The zero-order valence-electron chi connectivity index (χ0n) is 12.1. The number of benzene rings is 1. The first-order chi connectivity index (χ1) is 10.4. The fourth-order valence-electron chi connectivity index (χ4n) is 2.72. The van der Waals surface area contributed by atoms with Gasteiger partial charge < -0.3 is 10.0 Å². The van der Waals surface area contributed by atoms with E-state index in [1.54, 1.807) is 11.6 Å². The van der Waals surface area contributed by atoms with Gasteiger partial charge in [-0.15, -0.1) is 0 Å². The van der Waals surface area contributed by atoms with E-state index in [-0.39, 0.29) is 23.7 Å². The lowest BCUT2D eigenvalue weighted by Gasteiger charge is -2.14. The summed E-state index contributed by atoms with van der Waals surface area (Å²) < 4.78 is 15.2. The molecule has 0 bridgehead atoms. The van der Waals surface area contributed by atoms with Gasteiger partial charge in [0.1, 0.15) is 11.6 Å². The van der Waals surface area contributed by atoms with Gasteiger partial charge in [0.2, 0.25) is 0 Å². The van der Waals surface area contributed by atoms with Crippen molar-refractivity contribution in [2.75, 3.05) is 7.05 Å². The van der Waals surface area contributed by atoms with Crippen molar-refractivity contribution in [2.24, 2.45) is 0 Å². The number of aromatic carboxylic acids is 1. The van der Waals surface area contributed by atoms with Crippen LogP contribution < -0.4 is 0 Å². The summed E-state index contributed by atoms with van der Waals surface area (Å²) in [5.74, 6) is -1.48. The molecule has 3 rings (SSSR count). The van der Waals surface area contributed by atoms with Gasteiger partial charge >= 0.3 is 5.97 Å². The molecule has 0 spiro atoms. The Morgan fingerprint density at radius 3 is 2.82 bits per heavy atom. The summed E-state index contributed by atoms with van der Waals surface area (Å²) in [6.07, 6.45) is 0.495. The molecule has 7 heteroatoms. The van der Waals surface area contributed by atoms with Crippen LogP contribution in [-0.4, -0.2) is 38.5 Å². The molecular formula is C15H14FN3O3. The van der Waals surface area contributed by atoms with Gasteiger partial charge in [0.25, 0.3) is 5.91 Å². The average molecular weight is 303 g/mol. The van der Waals surface area contributed by atoms with Gasteiger partial charge in [-0.1, -0.05) is 6.92 Å². The number of hydrogen-bond acceptors (Lipinski definition) is 3. The van der Waals surface area contributed by atoms with Gasteiger partial charge in [-0.3, -0.25) is 9.36 Å². The quantitative estimate of drug-likeness (QED) is 0.919. The second-order valence-corrected chi connectivity index (χ2v) is 5.14. The van der Waals surface area contributed by atoms with Crippen LogP contribution in [0.1, 0.15) is 39.3 Å². The van der Waals surface area contributed by atoms with Crippen molar-refractivity contribution in [2.45, 2.75) is 19.9 Å². The number of halogens is 1. The minimum absolute atomic E-state index is 0.0753. The first-order valence-corrected chi connectivity index (χ1v) is 6.83. The van der Waals surface area contributed by atoms with Gasteiger partial charge in [-0.25, -0.2) is 14.2 Å². The molecule has 1 amide bonds. The zero-order valence-corrected chi connectivity index (χ0v) is 12.1. The van der Waals surface area contributed by atoms with Crippen molar-refractivity contribution in [3.05, 3.63) is 46.8 Å². The molecule has 1 aromatic carbocycles. The van der Waals surface area contributed by atoms with E-state index in [9.17, 15) is 19.1 Å². The normalized spacial score (nSPS) is 13.6. The Morgan fingerprint density at radius 1 is 1.45 bits per heavy atom. The molecule has 0 saturated carbocycles. The van der Waals surface area contributed by atoms with Crippen molar-refractivity contribution in [1.29, 1.82) is 0 Å². The number of carbonyl (C=O) groups is 2. The number of carboxylic acid groups (broad SMARTS) is 1. The Hall–Kier alpha value is -2.70. The molecule has 0 aliphatic carbocycles. The van der Waals surface area contributed by atoms with Gasteiger partial charge in [0, 0.05) is 13.5 Å². The largest absolute Gasteiger partial charge is 0.476 e. The molecule has 1 aliphatic rings. The van der Waals surface area contributed by atoms with Crippen LogP contribution >= 0.6 is 0 Å². The number of hydrogen-bond donors (Lipinski definition) is 1. The van der Waals surface area contributed by atoms with Gasteiger partial charge in [0.05, 0.1) is 23.5 Å². The molecule has 1 N–H and O–H groups in total. The molecule has 2 aromatic rings. The number of rotatable bonds is 2. The highest BCUT2D eigenvalue weighted by molar-refractivity contribution is 5.99. The molecule has 22 heavy (non-hydrogen) atoms. The lowest BCUT2D eigenvalue weighted by Crippen LogP contribution is -2.25. The number of imidazole rings is 1. The number of aromatic nitrogens is 2. The van der Waals surface area contributed by atoms with Gasteiger partial charge in [0.15, 0.2) is 5.69 Å². The van der Waals surface area contributed by atoms with Gasteiger partial charge in [-0.05, 0) is 18.2 Å². The Balaban J connectivity index is 2.38. The highest BCUT2D eigenvalue weighted by atomic mass is 19.1. The van der Waals surface area contributed by atoms with E-state index in [1.807, 2.05) is 6.92 Å². The second-order valence-electron chi connectivity index (χ2n) is 5.14. The lowest BCUT2D eigenvalue weighted by atomic mass is 10.1. The molecule has 0 saturated heterocycles. The zero-order chi connectivity index (χ0) is 16.0. The third kappa shape index (κ3) is 1.97. The highest BCUT2D eigenvalue weighted by Gasteiger charge is 2.30. The maximum atomic E-state index is 13.5. The molecule has 0 radical (unpaired) electrons. The first kappa shape index (κ1) is 14.2. The molecular weight excluding hydrogens is 289 g/mol. The average Bonchev–Trinajstić information content (AvgIpc) is 2.80. The molecule has 0 unspecified atom stereocenters. The second kappa shape index (κ2) is 4.94. The molecule has 0 fully saturated rings. The minimum Gasteiger partial charge on any atom is -0.476 e. The third-order valence-corrected chi connectivity index (χ3v) is 3.72. The number of carbonyl (C=O) groups excluding carboxylic acids is 1. The summed E-state index contributed by atoms with van der Waals surface area (Å²) in [4.78, 5) is 29.4. The lowest BCUT2D eigenvalue weighted by molar-refractivity contribution is 0.0683. The molecule has 1 aromatic heterocycles. The predicted molar refractivity (Wildman–Crippen MR) is 75.7 cm³/mol. The van der Waals surface area contributed by atoms with Crippen molar-refractivity contribution < 1.29 is 19.1 Å². The van der Waals surface area contributed by atoms with Crippen molar-refractivity contribution in [3.63, 3.8) is 0 Å². The summed E-state index contributed by atoms with van der Waals surface area (Å²) in [5.41, 5.74) is 1.01. The van der Waals surface area contributed by atoms with Crippen LogP contribution in [-0.2, 0) is 13.0 Å². The van der Waals surface area contributed by atoms with E-state index in [0.717, 1.165) is 0 Å². The molecule has 0 atom stereocenters. The van der Waals surface area contributed by atoms with E-state index < -0.39 is 11.8 Å². The number of fused-ring (bicyclic) bond motifs is 3. The summed E-state index contributed by atoms with van der Waals surface area (Å²) in [6, 6.07) is 3.90. The predicted octanol–water partition coefficient (Wildman–Crippen LogP) is 1.86. The Bertz CT molecular complexity index is 798. The van der Waals surface area contributed by atoms with Crippen molar-refractivity contribution >= 4 is 11.9 Å². The SMILES string of the molecule is CCc1nc(C(=O)O)c2n1-c1ccc(F)cc1C(=O)N(C)C2. The Morgan fingerprint density at radius 2 is 2.18 bits per heavy atom. The summed E-state index contributed by atoms with van der Waals surface area (Å²) in [5, 5.41) is 9.35. The van der Waals surface area contributed by atoms with Crippen LogP contribution in [0, 0.1) is 5.82 Å². The molecule has 1 aliphatic heterocycles. The van der Waals surface area contributed by atoms with E-state index in [0.29, 0.717) is 23.6 Å². The number of aryl methyl sites for hydroxylation is 1. The molecule has 6 nitrogen and oxygen atoms in total. The highest BCUT2D eigenvalue weighted by Crippen LogP contribution is 2.28. The van der Waals surface area contributed by atoms with Crippen LogP contribution in [0.25, 0.3) is 5.69 Å².